The van der Waals surface area contributed by atoms with Crippen LogP contribution in [0, 0.1) is 5.82 Å². The number of rotatable bonds is 9. The van der Waals surface area contributed by atoms with Gasteiger partial charge < -0.3 is 25.6 Å². The average Bonchev–Trinajstić information content (AvgIpc) is 2.74. The molecule has 9 nitrogen and oxygen atoms in total. The minimum absolute atomic E-state index is 0.0329. The number of aliphatic hydroxyl groups excluding tert-OH is 1. The molecule has 3 aromatic rings. The van der Waals surface area contributed by atoms with Crippen LogP contribution < -0.4 is 15.4 Å². The lowest BCUT2D eigenvalue weighted by atomic mass is 10.3. The highest BCUT2D eigenvalue weighted by atomic mass is 19.1. The van der Waals surface area contributed by atoms with Crippen molar-refractivity contribution in [3.05, 3.63) is 60.5 Å². The second-order valence-corrected chi connectivity index (χ2v) is 5.88. The van der Waals surface area contributed by atoms with Crippen LogP contribution in [-0.4, -0.2) is 45.6 Å². The molecule has 0 saturated heterocycles. The van der Waals surface area contributed by atoms with Gasteiger partial charge >= 0.3 is 5.97 Å². The molecule has 0 unspecified atom stereocenters. The third-order valence-corrected chi connectivity index (χ3v) is 3.65. The molecule has 1 heterocycles. The molecule has 0 aliphatic rings. The Morgan fingerprint density at radius 1 is 1.17 bits per heavy atom. The first kappa shape index (κ1) is 20.7. The summed E-state index contributed by atoms with van der Waals surface area (Å²) in [5.74, 6) is -1.13. The number of carboxylic acid groups (broad SMARTS) is 1. The Labute approximate surface area is 170 Å². The number of halogens is 1. The van der Waals surface area contributed by atoms with Crippen molar-refractivity contribution >= 4 is 41.0 Å². The Morgan fingerprint density at radius 2 is 1.97 bits per heavy atom. The highest BCUT2D eigenvalue weighted by Gasteiger charge is 2.09. The van der Waals surface area contributed by atoms with Gasteiger partial charge in [0.2, 0.25) is 5.95 Å². The summed E-state index contributed by atoms with van der Waals surface area (Å²) in [6.45, 7) is 0.0416. The summed E-state index contributed by atoms with van der Waals surface area (Å²) < 4.78 is 19.5. The third-order valence-electron chi connectivity index (χ3n) is 3.65. The van der Waals surface area contributed by atoms with Gasteiger partial charge in [-0.2, -0.15) is 4.98 Å². The lowest BCUT2D eigenvalue weighted by molar-refractivity contribution is -0.128. The minimum Gasteiger partial charge on any atom is -0.491 e. The van der Waals surface area contributed by atoms with Crippen LogP contribution in [0.15, 0.2) is 59.7 Å². The van der Waals surface area contributed by atoms with Gasteiger partial charge in [-0.1, -0.05) is 6.07 Å². The van der Waals surface area contributed by atoms with E-state index in [9.17, 15) is 9.18 Å². The van der Waals surface area contributed by atoms with Crippen LogP contribution in [0.1, 0.15) is 0 Å². The number of anilines is 4. The van der Waals surface area contributed by atoms with Gasteiger partial charge in [0, 0.05) is 17.4 Å². The number of nitrogens with zero attached hydrogens (tertiary/aromatic N) is 3. The minimum atomic E-state index is -1.14. The zero-order chi connectivity index (χ0) is 21.3. The van der Waals surface area contributed by atoms with Crippen LogP contribution in [0.2, 0.25) is 0 Å². The lowest BCUT2D eigenvalue weighted by Gasteiger charge is -2.11. The van der Waals surface area contributed by atoms with Crippen LogP contribution in [0.25, 0.3) is 0 Å². The van der Waals surface area contributed by atoms with Crippen LogP contribution >= 0.6 is 0 Å². The van der Waals surface area contributed by atoms with Crippen molar-refractivity contribution in [1.29, 1.82) is 0 Å². The van der Waals surface area contributed by atoms with Crippen molar-refractivity contribution in [3.8, 4) is 5.75 Å². The van der Waals surface area contributed by atoms with E-state index in [1.807, 2.05) is 0 Å². The number of aromatic nitrogens is 2. The molecule has 4 N–H and O–H groups in total. The number of benzene rings is 2. The van der Waals surface area contributed by atoms with Crippen LogP contribution in [0.4, 0.5) is 33.2 Å². The van der Waals surface area contributed by atoms with Gasteiger partial charge in [-0.05, 0) is 36.4 Å². The van der Waals surface area contributed by atoms with Crippen LogP contribution in [0.3, 0.4) is 0 Å². The van der Waals surface area contributed by atoms with Gasteiger partial charge in [0.1, 0.15) is 18.6 Å². The Morgan fingerprint density at radius 3 is 2.70 bits per heavy atom. The highest BCUT2D eigenvalue weighted by molar-refractivity contribution is 6.22. The maximum atomic E-state index is 14.2. The van der Waals surface area contributed by atoms with Crippen molar-refractivity contribution in [1.82, 2.24) is 9.97 Å². The first-order chi connectivity index (χ1) is 14.5. The van der Waals surface area contributed by atoms with Crippen LogP contribution in [-0.2, 0) is 4.79 Å². The van der Waals surface area contributed by atoms with Crippen molar-refractivity contribution in [2.45, 2.75) is 0 Å². The summed E-state index contributed by atoms with van der Waals surface area (Å²) >= 11 is 0. The molecule has 0 bridgehead atoms. The van der Waals surface area contributed by atoms with Crippen molar-refractivity contribution in [2.24, 2.45) is 4.99 Å². The smallest absolute Gasteiger partial charge is 0.346 e. The molecule has 3 rings (SSSR count). The molecule has 0 saturated carbocycles. The fourth-order valence-electron chi connectivity index (χ4n) is 2.37. The van der Waals surface area contributed by atoms with Crippen molar-refractivity contribution in [2.75, 3.05) is 23.8 Å². The summed E-state index contributed by atoms with van der Waals surface area (Å²) in [7, 11) is 0. The van der Waals surface area contributed by atoms with Crippen molar-refractivity contribution in [3.63, 3.8) is 0 Å². The number of aliphatic imine (C=N–C) groups is 1. The number of ether oxygens (including phenoxy) is 1. The third kappa shape index (κ3) is 5.97. The first-order valence-electron chi connectivity index (χ1n) is 8.81. The number of carbonyl (C=O) groups is 1. The Balaban J connectivity index is 1.71. The largest absolute Gasteiger partial charge is 0.491 e. The number of aliphatic carboxylic acids is 1. The van der Waals surface area contributed by atoms with Crippen LogP contribution in [0.5, 0.6) is 5.75 Å². The molecule has 1 aromatic heterocycles. The second kappa shape index (κ2) is 9.94. The normalized spacial score (nSPS) is 10.7. The van der Waals surface area contributed by atoms with E-state index in [4.69, 9.17) is 14.9 Å². The van der Waals surface area contributed by atoms with E-state index in [1.54, 1.807) is 48.5 Å². The second-order valence-electron chi connectivity index (χ2n) is 5.88. The quantitative estimate of drug-likeness (QED) is 0.395. The SMILES string of the molecule is O=C(O)C=Nc1ccc(Nc2ncc(F)c(Nc3cccc(OCCO)c3)n2)cc1. The number of hydrogen-bond donors (Lipinski definition) is 4. The molecule has 0 fully saturated rings. The van der Waals surface area contributed by atoms with Gasteiger partial charge in [-0.3, -0.25) is 0 Å². The van der Waals surface area contributed by atoms with Gasteiger partial charge in [-0.25, -0.2) is 19.2 Å². The van der Waals surface area contributed by atoms with Gasteiger partial charge in [-0.15, -0.1) is 0 Å². The van der Waals surface area contributed by atoms with Crippen molar-refractivity contribution < 1.29 is 24.1 Å². The summed E-state index contributed by atoms with van der Waals surface area (Å²) in [5.41, 5.74) is 1.63. The zero-order valence-electron chi connectivity index (χ0n) is 15.6. The Kier molecular flexibility index (Phi) is 6.85. The van der Waals surface area contributed by atoms with E-state index in [2.05, 4.69) is 25.6 Å². The number of hydrogen-bond acceptors (Lipinski definition) is 8. The Bertz CT molecular complexity index is 1040. The standard InChI is InChI=1S/C20H18FN5O4/c21-17-11-23-20(25-14-6-4-13(5-7-14)22-12-18(28)29)26-19(17)24-15-2-1-3-16(10-15)30-9-8-27/h1-7,10-12,27H,8-9H2,(H,28,29)(H2,23,24,25,26). The monoisotopic (exact) mass is 411 g/mol. The number of aliphatic hydroxyl groups is 1. The fourth-order valence-corrected chi connectivity index (χ4v) is 2.37. The number of carboxylic acids is 1. The molecular weight excluding hydrogens is 393 g/mol. The van der Waals surface area contributed by atoms with Gasteiger partial charge in [0.15, 0.2) is 11.6 Å². The Hall–Kier alpha value is -4.05. The van der Waals surface area contributed by atoms with Gasteiger partial charge in [0.05, 0.1) is 18.5 Å². The molecule has 0 radical (unpaired) electrons. The molecule has 0 spiro atoms. The van der Waals surface area contributed by atoms with E-state index >= 15 is 0 Å². The molecule has 0 atom stereocenters. The summed E-state index contributed by atoms with van der Waals surface area (Å²) in [4.78, 5) is 22.3. The molecule has 2 aromatic carbocycles. The zero-order valence-corrected chi connectivity index (χ0v) is 15.6. The topological polar surface area (TPSA) is 129 Å². The van der Waals surface area contributed by atoms with E-state index in [1.165, 1.54) is 0 Å². The van der Waals surface area contributed by atoms with Gasteiger partial charge in [0.25, 0.3) is 0 Å². The predicted octanol–water partition coefficient (Wildman–Crippen LogP) is 3.26. The molecule has 30 heavy (non-hydrogen) atoms. The summed E-state index contributed by atoms with van der Waals surface area (Å²) in [6, 6.07) is 13.4. The summed E-state index contributed by atoms with van der Waals surface area (Å²) in [5, 5.41) is 23.2. The van der Waals surface area contributed by atoms with E-state index in [0.717, 1.165) is 12.4 Å². The first-order valence-corrected chi connectivity index (χ1v) is 8.81. The molecule has 10 heteroatoms. The predicted molar refractivity (Wildman–Crippen MR) is 110 cm³/mol. The fraction of sp³-hybridized carbons (Fsp3) is 0.100. The maximum Gasteiger partial charge on any atom is 0.346 e. The molecule has 0 aliphatic carbocycles. The van der Waals surface area contributed by atoms with E-state index in [-0.39, 0.29) is 25.0 Å². The number of nitrogens with one attached hydrogen (secondary N) is 2. The maximum absolute atomic E-state index is 14.2. The highest BCUT2D eigenvalue weighted by Crippen LogP contribution is 2.24. The average molecular weight is 411 g/mol. The molecule has 0 aliphatic heterocycles. The molecular formula is C20H18FN5O4. The summed E-state index contributed by atoms with van der Waals surface area (Å²) in [6.07, 6.45) is 1.84. The van der Waals surface area contributed by atoms with E-state index < -0.39 is 11.8 Å². The molecule has 0 amide bonds. The van der Waals surface area contributed by atoms with E-state index in [0.29, 0.717) is 22.8 Å². The lowest BCUT2D eigenvalue weighted by Crippen LogP contribution is -2.04. The molecule has 154 valence electrons.